The molecule has 4 rings (SSSR count). The number of para-hydroxylation sites is 2. The minimum absolute atomic E-state index is 0.226. The minimum atomic E-state index is -2.66. The number of thioether (sulfide) groups is 1. The van der Waals surface area contributed by atoms with Crippen molar-refractivity contribution in [3.63, 3.8) is 0 Å². The van der Waals surface area contributed by atoms with Crippen molar-refractivity contribution in [3.8, 4) is 5.69 Å². The first-order chi connectivity index (χ1) is 13.5. The molecule has 0 aliphatic heterocycles. The Bertz CT molecular complexity index is 1090. The molecule has 0 spiro atoms. The highest BCUT2D eigenvalue weighted by Crippen LogP contribution is 2.28. The number of benzene rings is 2. The molecular weight excluding hydrogens is 382 g/mol. The van der Waals surface area contributed by atoms with Crippen LogP contribution in [0.2, 0.25) is 0 Å². The van der Waals surface area contributed by atoms with E-state index in [1.54, 1.807) is 28.9 Å². The number of hydrogen-bond acceptors (Lipinski definition) is 5. The van der Waals surface area contributed by atoms with E-state index in [-0.39, 0.29) is 11.6 Å². The van der Waals surface area contributed by atoms with Gasteiger partial charge in [-0.2, -0.15) is 13.5 Å². The standard InChI is InChI=1S/C19H18F2N6S/c1-12(2)13-7-9-14(10-8-13)27-19(23-24-25-27)28-11-17-22-15-5-3-4-6-16(15)26(17)18(20)21/h3-10,12,18H,11H2,1-2H3. The molecule has 0 atom stereocenters. The largest absolute Gasteiger partial charge is 0.320 e. The van der Waals surface area contributed by atoms with Crippen LogP contribution < -0.4 is 0 Å². The van der Waals surface area contributed by atoms with E-state index in [0.29, 0.717) is 22.1 Å². The van der Waals surface area contributed by atoms with Gasteiger partial charge in [-0.25, -0.2) is 4.98 Å². The molecule has 0 radical (unpaired) electrons. The number of alkyl halides is 2. The predicted octanol–water partition coefficient (Wildman–Crippen LogP) is 4.82. The molecule has 2 heterocycles. The van der Waals surface area contributed by atoms with Gasteiger partial charge in [0.15, 0.2) is 0 Å². The molecular formula is C19H18F2N6S. The van der Waals surface area contributed by atoms with Crippen molar-refractivity contribution < 1.29 is 8.78 Å². The van der Waals surface area contributed by atoms with Crippen LogP contribution in [0.5, 0.6) is 0 Å². The highest BCUT2D eigenvalue weighted by Gasteiger charge is 2.19. The number of rotatable bonds is 6. The van der Waals surface area contributed by atoms with Gasteiger partial charge in [0.1, 0.15) is 5.82 Å². The first kappa shape index (κ1) is 18.5. The van der Waals surface area contributed by atoms with Crippen molar-refractivity contribution in [3.05, 3.63) is 59.9 Å². The van der Waals surface area contributed by atoms with E-state index in [9.17, 15) is 8.78 Å². The third-order valence-corrected chi connectivity index (χ3v) is 5.35. The zero-order valence-corrected chi connectivity index (χ0v) is 16.1. The maximum absolute atomic E-state index is 13.6. The van der Waals surface area contributed by atoms with Crippen LogP contribution >= 0.6 is 11.8 Å². The highest BCUT2D eigenvalue weighted by molar-refractivity contribution is 7.98. The van der Waals surface area contributed by atoms with Crippen LogP contribution in [-0.2, 0) is 5.75 Å². The summed E-state index contributed by atoms with van der Waals surface area (Å²) >= 11 is 1.27. The van der Waals surface area contributed by atoms with Crippen molar-refractivity contribution in [1.82, 2.24) is 29.8 Å². The molecule has 0 aliphatic rings. The summed E-state index contributed by atoms with van der Waals surface area (Å²) in [7, 11) is 0. The van der Waals surface area contributed by atoms with Crippen molar-refractivity contribution >= 4 is 22.8 Å². The second-order valence-electron chi connectivity index (χ2n) is 6.57. The molecule has 0 aliphatic carbocycles. The molecule has 9 heteroatoms. The number of aromatic nitrogens is 6. The van der Waals surface area contributed by atoms with E-state index >= 15 is 0 Å². The van der Waals surface area contributed by atoms with Crippen LogP contribution in [0.4, 0.5) is 8.78 Å². The minimum Gasteiger partial charge on any atom is -0.269 e. The first-order valence-corrected chi connectivity index (χ1v) is 9.78. The molecule has 28 heavy (non-hydrogen) atoms. The third kappa shape index (κ3) is 3.49. The van der Waals surface area contributed by atoms with Gasteiger partial charge in [-0.3, -0.25) is 4.57 Å². The third-order valence-electron chi connectivity index (χ3n) is 4.44. The van der Waals surface area contributed by atoms with Gasteiger partial charge in [0.25, 0.3) is 0 Å². The summed E-state index contributed by atoms with van der Waals surface area (Å²) in [5.41, 5.74) is 3.00. The number of halogens is 2. The van der Waals surface area contributed by atoms with E-state index in [4.69, 9.17) is 0 Å². The lowest BCUT2D eigenvalue weighted by atomic mass is 10.0. The van der Waals surface area contributed by atoms with Crippen molar-refractivity contribution in [2.75, 3.05) is 0 Å². The molecule has 0 fully saturated rings. The van der Waals surface area contributed by atoms with Gasteiger partial charge >= 0.3 is 6.55 Å². The Labute approximate surface area is 164 Å². The summed E-state index contributed by atoms with van der Waals surface area (Å²) in [6, 6.07) is 14.8. The molecule has 6 nitrogen and oxygen atoms in total. The summed E-state index contributed by atoms with van der Waals surface area (Å²) in [6.45, 7) is 1.59. The van der Waals surface area contributed by atoms with Crippen molar-refractivity contribution in [1.29, 1.82) is 0 Å². The fourth-order valence-corrected chi connectivity index (χ4v) is 3.79. The van der Waals surface area contributed by atoms with Crippen LogP contribution in [0.25, 0.3) is 16.7 Å². The average Bonchev–Trinajstić information content (AvgIpc) is 3.30. The molecule has 0 amide bonds. The van der Waals surface area contributed by atoms with Crippen LogP contribution in [0.3, 0.4) is 0 Å². The Hall–Kier alpha value is -2.81. The van der Waals surface area contributed by atoms with Gasteiger partial charge < -0.3 is 0 Å². The lowest BCUT2D eigenvalue weighted by Crippen LogP contribution is -2.04. The summed E-state index contributed by atoms with van der Waals surface area (Å²) in [5, 5.41) is 12.3. The molecule has 2 aromatic carbocycles. The molecule has 0 N–H and O–H groups in total. The van der Waals surface area contributed by atoms with Crippen LogP contribution in [-0.4, -0.2) is 29.8 Å². The topological polar surface area (TPSA) is 61.4 Å². The summed E-state index contributed by atoms with van der Waals surface area (Å²) in [6.07, 6.45) is 0. The number of tetrazole rings is 1. The summed E-state index contributed by atoms with van der Waals surface area (Å²) in [4.78, 5) is 4.35. The SMILES string of the molecule is CC(C)c1ccc(-n2nnnc2SCc2nc3ccccc3n2C(F)F)cc1. The number of hydrogen-bond donors (Lipinski definition) is 0. The highest BCUT2D eigenvalue weighted by atomic mass is 32.2. The van der Waals surface area contributed by atoms with E-state index < -0.39 is 6.55 Å². The fraction of sp³-hybridized carbons (Fsp3) is 0.263. The van der Waals surface area contributed by atoms with Gasteiger partial charge in [-0.15, -0.1) is 5.10 Å². The molecule has 2 aromatic heterocycles. The zero-order valence-electron chi connectivity index (χ0n) is 15.3. The van der Waals surface area contributed by atoms with E-state index in [1.807, 2.05) is 24.3 Å². The van der Waals surface area contributed by atoms with E-state index in [2.05, 4.69) is 34.4 Å². The second-order valence-corrected chi connectivity index (χ2v) is 7.52. The second kappa shape index (κ2) is 7.67. The van der Waals surface area contributed by atoms with Crippen LogP contribution in [0, 0.1) is 0 Å². The van der Waals surface area contributed by atoms with Crippen LogP contribution in [0.1, 0.15) is 37.7 Å². The van der Waals surface area contributed by atoms with Gasteiger partial charge in [0.05, 0.1) is 22.5 Å². The maximum Gasteiger partial charge on any atom is 0.320 e. The van der Waals surface area contributed by atoms with Gasteiger partial charge in [-0.05, 0) is 46.2 Å². The smallest absolute Gasteiger partial charge is 0.269 e. The lowest BCUT2D eigenvalue weighted by molar-refractivity contribution is 0.0722. The quantitative estimate of drug-likeness (QED) is 0.434. The van der Waals surface area contributed by atoms with Gasteiger partial charge in [-0.1, -0.05) is 49.9 Å². The molecule has 144 valence electrons. The van der Waals surface area contributed by atoms with Crippen molar-refractivity contribution in [2.24, 2.45) is 0 Å². The Balaban J connectivity index is 1.60. The number of nitrogens with zero attached hydrogens (tertiary/aromatic N) is 6. The fourth-order valence-electron chi connectivity index (χ4n) is 2.97. The summed E-state index contributed by atoms with van der Waals surface area (Å²) in [5.74, 6) is 0.939. The first-order valence-electron chi connectivity index (χ1n) is 8.80. The Kier molecular flexibility index (Phi) is 5.08. The predicted molar refractivity (Wildman–Crippen MR) is 104 cm³/mol. The molecule has 0 unspecified atom stereocenters. The Morgan fingerprint density at radius 3 is 2.50 bits per heavy atom. The molecule has 0 bridgehead atoms. The maximum atomic E-state index is 13.6. The lowest BCUT2D eigenvalue weighted by Gasteiger charge is -2.09. The van der Waals surface area contributed by atoms with E-state index in [1.165, 1.54) is 17.3 Å². The molecule has 4 aromatic rings. The zero-order chi connectivity index (χ0) is 19.7. The van der Waals surface area contributed by atoms with Crippen molar-refractivity contribution in [2.45, 2.75) is 37.2 Å². The normalized spacial score (nSPS) is 11.8. The molecule has 0 saturated carbocycles. The molecule has 0 saturated heterocycles. The van der Waals surface area contributed by atoms with Gasteiger partial charge in [0, 0.05) is 0 Å². The number of imidazole rings is 1. The Morgan fingerprint density at radius 1 is 1.04 bits per heavy atom. The Morgan fingerprint density at radius 2 is 1.79 bits per heavy atom. The summed E-state index contributed by atoms with van der Waals surface area (Å²) < 4.78 is 29.7. The van der Waals surface area contributed by atoms with E-state index in [0.717, 1.165) is 10.3 Å². The average molecular weight is 400 g/mol. The monoisotopic (exact) mass is 400 g/mol. The number of fused-ring (bicyclic) bond motifs is 1. The van der Waals surface area contributed by atoms with Gasteiger partial charge in [0.2, 0.25) is 5.16 Å². The van der Waals surface area contributed by atoms with Crippen LogP contribution in [0.15, 0.2) is 53.7 Å².